The number of hydrogen-bond donors (Lipinski definition) is 2. The molecule has 0 bridgehead atoms. The maximum atomic E-state index is 11.9. The summed E-state index contributed by atoms with van der Waals surface area (Å²) in [6.45, 7) is 0. The van der Waals surface area contributed by atoms with E-state index in [1.807, 2.05) is 6.07 Å². The normalized spacial score (nSPS) is 9.77. The van der Waals surface area contributed by atoms with Crippen molar-refractivity contribution in [2.24, 2.45) is 0 Å². The molecule has 0 spiro atoms. The Morgan fingerprint density at radius 2 is 2.09 bits per heavy atom. The fraction of sp³-hybridized carbons (Fsp3) is 0.0667. The molecule has 0 aliphatic rings. The molecule has 1 amide bonds. The van der Waals surface area contributed by atoms with Gasteiger partial charge in [-0.05, 0) is 23.8 Å². The monoisotopic (exact) mass is 297 g/mol. The van der Waals surface area contributed by atoms with E-state index in [1.165, 1.54) is 36.4 Å². The Kier molecular flexibility index (Phi) is 4.34. The molecule has 2 N–H and O–H groups in total. The number of benzene rings is 2. The summed E-state index contributed by atoms with van der Waals surface area (Å²) in [5, 5.41) is 31.6. The first-order valence-electron chi connectivity index (χ1n) is 6.26. The highest BCUT2D eigenvalue weighted by Crippen LogP contribution is 2.24. The van der Waals surface area contributed by atoms with Gasteiger partial charge in [-0.25, -0.2) is 0 Å². The highest BCUT2D eigenvalue weighted by molar-refractivity contribution is 5.93. The number of amides is 1. The number of carbonyl (C=O) groups is 1. The van der Waals surface area contributed by atoms with Crippen molar-refractivity contribution in [2.75, 3.05) is 5.32 Å². The van der Waals surface area contributed by atoms with Gasteiger partial charge in [0.1, 0.15) is 5.75 Å². The molecule has 0 aliphatic carbocycles. The first kappa shape index (κ1) is 15.0. The predicted octanol–water partition coefficient (Wildman–Crippen LogP) is 2.35. The van der Waals surface area contributed by atoms with Crippen LogP contribution in [0.15, 0.2) is 42.5 Å². The molecule has 0 fully saturated rings. The first-order valence-corrected chi connectivity index (χ1v) is 6.26. The number of nitrogens with zero attached hydrogens (tertiary/aromatic N) is 2. The summed E-state index contributed by atoms with van der Waals surface area (Å²) in [6.07, 6.45) is -0.0854. The number of hydrogen-bond acceptors (Lipinski definition) is 5. The van der Waals surface area contributed by atoms with E-state index in [2.05, 4.69) is 5.32 Å². The van der Waals surface area contributed by atoms with Gasteiger partial charge < -0.3 is 10.4 Å². The van der Waals surface area contributed by atoms with Crippen molar-refractivity contribution >= 4 is 17.3 Å². The molecule has 110 valence electrons. The first-order chi connectivity index (χ1) is 10.5. The number of nitriles is 1. The smallest absolute Gasteiger partial charge is 0.269 e. The Bertz CT molecular complexity index is 781. The van der Waals surface area contributed by atoms with Gasteiger partial charge in [0.15, 0.2) is 0 Å². The lowest BCUT2D eigenvalue weighted by Gasteiger charge is -2.07. The Morgan fingerprint density at radius 1 is 1.32 bits per heavy atom. The van der Waals surface area contributed by atoms with Gasteiger partial charge in [0, 0.05) is 12.1 Å². The van der Waals surface area contributed by atoms with Crippen LogP contribution in [0.25, 0.3) is 0 Å². The van der Waals surface area contributed by atoms with Gasteiger partial charge in [-0.1, -0.05) is 12.1 Å². The van der Waals surface area contributed by atoms with Crippen molar-refractivity contribution in [2.45, 2.75) is 6.42 Å². The number of nitro groups is 1. The number of carbonyl (C=O) groups excluding carboxylic acids is 1. The minimum Gasteiger partial charge on any atom is -0.506 e. The standard InChI is InChI=1S/C15H11N3O4/c16-9-11-4-5-14(19)13(7-11)17-15(20)8-10-2-1-3-12(6-10)18(21)22/h1-7,19H,8H2,(H,17,20). The van der Waals surface area contributed by atoms with Crippen LogP contribution >= 0.6 is 0 Å². The molecule has 0 saturated heterocycles. The summed E-state index contributed by atoms with van der Waals surface area (Å²) < 4.78 is 0. The summed E-state index contributed by atoms with van der Waals surface area (Å²) >= 11 is 0. The quantitative estimate of drug-likeness (QED) is 0.510. The zero-order valence-electron chi connectivity index (χ0n) is 11.3. The van der Waals surface area contributed by atoms with E-state index < -0.39 is 10.8 Å². The Labute approximate surface area is 125 Å². The van der Waals surface area contributed by atoms with E-state index in [0.29, 0.717) is 11.1 Å². The van der Waals surface area contributed by atoms with Crippen molar-refractivity contribution in [3.8, 4) is 11.8 Å². The summed E-state index contributed by atoms with van der Waals surface area (Å²) in [7, 11) is 0. The average molecular weight is 297 g/mol. The largest absolute Gasteiger partial charge is 0.506 e. The van der Waals surface area contributed by atoms with Crippen LogP contribution in [-0.2, 0) is 11.2 Å². The van der Waals surface area contributed by atoms with Crippen LogP contribution in [-0.4, -0.2) is 15.9 Å². The highest BCUT2D eigenvalue weighted by atomic mass is 16.6. The lowest BCUT2D eigenvalue weighted by atomic mass is 10.1. The topological polar surface area (TPSA) is 116 Å². The molecule has 0 aromatic heterocycles. The summed E-state index contributed by atoms with van der Waals surface area (Å²) in [4.78, 5) is 22.1. The van der Waals surface area contributed by atoms with Gasteiger partial charge >= 0.3 is 0 Å². The Morgan fingerprint density at radius 3 is 2.77 bits per heavy atom. The minimum absolute atomic E-state index is 0.0854. The number of phenolic OH excluding ortho intramolecular Hbond substituents is 1. The van der Waals surface area contributed by atoms with Crippen LogP contribution in [0.3, 0.4) is 0 Å². The number of nitrogens with one attached hydrogen (secondary N) is 1. The van der Waals surface area contributed by atoms with Gasteiger partial charge in [-0.15, -0.1) is 0 Å². The summed E-state index contributed by atoms with van der Waals surface area (Å²) in [5.41, 5.74) is 0.792. The molecule has 2 aromatic carbocycles. The van der Waals surface area contributed by atoms with Gasteiger partial charge in [0.05, 0.1) is 28.7 Å². The van der Waals surface area contributed by atoms with Crippen LogP contribution in [0.5, 0.6) is 5.75 Å². The van der Waals surface area contributed by atoms with Crippen molar-refractivity contribution in [1.29, 1.82) is 5.26 Å². The van der Waals surface area contributed by atoms with Gasteiger partial charge in [0.2, 0.25) is 5.91 Å². The maximum absolute atomic E-state index is 11.9. The molecule has 0 heterocycles. The van der Waals surface area contributed by atoms with Crippen LogP contribution in [0.4, 0.5) is 11.4 Å². The molecule has 7 nitrogen and oxygen atoms in total. The Balaban J connectivity index is 2.12. The molecule has 2 rings (SSSR count). The zero-order chi connectivity index (χ0) is 16.1. The zero-order valence-corrected chi connectivity index (χ0v) is 11.3. The van der Waals surface area contributed by atoms with Crippen LogP contribution in [0, 0.1) is 21.4 Å². The molecule has 0 radical (unpaired) electrons. The molecule has 0 saturated carbocycles. The third-order valence-corrected chi connectivity index (χ3v) is 2.89. The lowest BCUT2D eigenvalue weighted by Crippen LogP contribution is -2.14. The van der Waals surface area contributed by atoms with E-state index in [1.54, 1.807) is 6.07 Å². The summed E-state index contributed by atoms with van der Waals surface area (Å²) in [5.74, 6) is -0.614. The minimum atomic E-state index is -0.538. The van der Waals surface area contributed by atoms with Gasteiger partial charge in [0.25, 0.3) is 5.69 Å². The van der Waals surface area contributed by atoms with E-state index in [4.69, 9.17) is 5.26 Å². The average Bonchev–Trinajstić information content (AvgIpc) is 2.49. The highest BCUT2D eigenvalue weighted by Gasteiger charge is 2.11. The van der Waals surface area contributed by atoms with Gasteiger partial charge in [-0.2, -0.15) is 5.26 Å². The number of phenols is 1. The molecule has 7 heteroatoms. The second kappa shape index (κ2) is 6.37. The third-order valence-electron chi connectivity index (χ3n) is 2.89. The van der Waals surface area contributed by atoms with Crippen molar-refractivity contribution < 1.29 is 14.8 Å². The van der Waals surface area contributed by atoms with E-state index in [9.17, 15) is 20.0 Å². The van der Waals surface area contributed by atoms with E-state index in [0.717, 1.165) is 0 Å². The van der Waals surface area contributed by atoms with E-state index in [-0.39, 0.29) is 23.5 Å². The number of rotatable bonds is 4. The number of aromatic hydroxyl groups is 1. The molecular formula is C15H11N3O4. The molecule has 22 heavy (non-hydrogen) atoms. The van der Waals surface area contributed by atoms with Crippen LogP contribution < -0.4 is 5.32 Å². The van der Waals surface area contributed by atoms with Crippen molar-refractivity contribution in [3.63, 3.8) is 0 Å². The third kappa shape index (κ3) is 3.58. The van der Waals surface area contributed by atoms with Crippen molar-refractivity contribution in [1.82, 2.24) is 0 Å². The maximum Gasteiger partial charge on any atom is 0.269 e. The molecular weight excluding hydrogens is 286 g/mol. The molecule has 0 aliphatic heterocycles. The second-order valence-corrected chi connectivity index (χ2v) is 4.50. The number of anilines is 1. The molecule has 2 aromatic rings. The summed E-state index contributed by atoms with van der Waals surface area (Å²) in [6, 6.07) is 11.7. The van der Waals surface area contributed by atoms with Crippen molar-refractivity contribution in [3.05, 3.63) is 63.7 Å². The fourth-order valence-corrected chi connectivity index (χ4v) is 1.87. The SMILES string of the molecule is N#Cc1ccc(O)c(NC(=O)Cc2cccc([N+](=O)[O-])c2)c1. The predicted molar refractivity (Wildman–Crippen MR) is 78.3 cm³/mol. The van der Waals surface area contributed by atoms with Crippen LogP contribution in [0.1, 0.15) is 11.1 Å². The number of nitro benzene ring substituents is 1. The number of non-ortho nitro benzene ring substituents is 1. The van der Waals surface area contributed by atoms with Crippen LogP contribution in [0.2, 0.25) is 0 Å². The molecule has 0 atom stereocenters. The lowest BCUT2D eigenvalue weighted by molar-refractivity contribution is -0.384. The fourth-order valence-electron chi connectivity index (χ4n) is 1.87. The second-order valence-electron chi connectivity index (χ2n) is 4.50. The molecule has 0 unspecified atom stereocenters. The van der Waals surface area contributed by atoms with Gasteiger partial charge in [-0.3, -0.25) is 14.9 Å². The van der Waals surface area contributed by atoms with E-state index >= 15 is 0 Å². The Hall–Kier alpha value is -3.40.